The molecular formula is C22H48N2O5. The summed E-state index contributed by atoms with van der Waals surface area (Å²) in [5.74, 6) is 0.230. The lowest BCUT2D eigenvalue weighted by Gasteiger charge is -2.28. The third-order valence-electron chi connectivity index (χ3n) is 2.90. The molecule has 0 saturated carbocycles. The van der Waals surface area contributed by atoms with Crippen LogP contribution in [0, 0.1) is 5.92 Å². The summed E-state index contributed by atoms with van der Waals surface area (Å²) in [6.45, 7) is 23.2. The molecule has 0 aliphatic carbocycles. The molecule has 1 aliphatic rings. The zero-order chi connectivity index (χ0) is 24.2. The summed E-state index contributed by atoms with van der Waals surface area (Å²) in [5.41, 5.74) is -0.328. The van der Waals surface area contributed by atoms with Gasteiger partial charge in [0, 0.05) is 47.0 Å². The monoisotopic (exact) mass is 420 g/mol. The van der Waals surface area contributed by atoms with Gasteiger partial charge in [-0.1, -0.05) is 41.5 Å². The predicted octanol–water partition coefficient (Wildman–Crippen LogP) is 4.00. The Morgan fingerprint density at radius 1 is 0.931 bits per heavy atom. The number of esters is 1. The van der Waals surface area contributed by atoms with Gasteiger partial charge in [-0.05, 0) is 20.8 Å². The minimum Gasteiger partial charge on any atom is -0.460 e. The summed E-state index contributed by atoms with van der Waals surface area (Å²) in [6, 6.07) is 0. The summed E-state index contributed by atoms with van der Waals surface area (Å²) in [4.78, 5) is 35.1. The number of amides is 2. The molecule has 1 saturated heterocycles. The maximum atomic E-state index is 11.4. The lowest BCUT2D eigenvalue weighted by molar-refractivity contribution is -0.152. The fraction of sp³-hybridized carbons (Fsp3) is 0.864. The van der Waals surface area contributed by atoms with Crippen LogP contribution in [0.2, 0.25) is 0 Å². The lowest BCUT2D eigenvalue weighted by atomic mass is 10.2. The SMILES string of the molecule is CC.CC.CC(=O)N(C)C.CC(=O)OC(C)(C)C.CC(C)C(=O)N1CCOCC1. The van der Waals surface area contributed by atoms with Gasteiger partial charge in [0.2, 0.25) is 11.8 Å². The third-order valence-corrected chi connectivity index (χ3v) is 2.90. The van der Waals surface area contributed by atoms with Crippen molar-refractivity contribution in [1.82, 2.24) is 9.80 Å². The van der Waals surface area contributed by atoms with Gasteiger partial charge in [0.25, 0.3) is 0 Å². The Kier molecular flexibility index (Phi) is 25.3. The number of carbonyl (C=O) groups is 3. The molecule has 0 aromatic heterocycles. The maximum Gasteiger partial charge on any atom is 0.303 e. The Labute approximate surface area is 180 Å². The molecule has 0 atom stereocenters. The second kappa shape index (κ2) is 21.1. The van der Waals surface area contributed by atoms with Crippen molar-refractivity contribution in [3.05, 3.63) is 0 Å². The van der Waals surface area contributed by atoms with Gasteiger partial charge < -0.3 is 19.3 Å². The first kappa shape index (κ1) is 34.8. The van der Waals surface area contributed by atoms with Gasteiger partial charge in [0.1, 0.15) is 5.60 Å². The molecule has 0 bridgehead atoms. The molecule has 2 amide bonds. The van der Waals surface area contributed by atoms with Crippen LogP contribution >= 0.6 is 0 Å². The molecule has 29 heavy (non-hydrogen) atoms. The highest BCUT2D eigenvalue weighted by Gasteiger charge is 2.18. The fourth-order valence-electron chi connectivity index (χ4n) is 1.58. The Morgan fingerprint density at radius 2 is 1.28 bits per heavy atom. The van der Waals surface area contributed by atoms with Crippen molar-refractivity contribution >= 4 is 17.8 Å². The summed E-state index contributed by atoms with van der Waals surface area (Å²) < 4.78 is 9.93. The molecule has 1 aliphatic heterocycles. The van der Waals surface area contributed by atoms with E-state index in [1.807, 2.05) is 67.2 Å². The molecule has 7 heteroatoms. The van der Waals surface area contributed by atoms with Crippen LogP contribution in [0.25, 0.3) is 0 Å². The van der Waals surface area contributed by atoms with Crippen LogP contribution < -0.4 is 0 Å². The van der Waals surface area contributed by atoms with Crippen molar-refractivity contribution < 1.29 is 23.9 Å². The van der Waals surface area contributed by atoms with E-state index in [2.05, 4.69) is 0 Å². The summed E-state index contributed by atoms with van der Waals surface area (Å²) >= 11 is 0. The van der Waals surface area contributed by atoms with Crippen LogP contribution in [0.1, 0.15) is 76.2 Å². The Balaban J connectivity index is -0.000000154. The maximum absolute atomic E-state index is 11.4. The third kappa shape index (κ3) is 28.7. The number of hydrogen-bond donors (Lipinski definition) is 0. The van der Waals surface area contributed by atoms with Gasteiger partial charge in [0.15, 0.2) is 0 Å². The smallest absolute Gasteiger partial charge is 0.303 e. The van der Waals surface area contributed by atoms with Gasteiger partial charge in [-0.25, -0.2) is 0 Å². The van der Waals surface area contributed by atoms with Crippen LogP contribution in [0.3, 0.4) is 0 Å². The van der Waals surface area contributed by atoms with E-state index in [1.54, 1.807) is 14.1 Å². The van der Waals surface area contributed by atoms with Gasteiger partial charge in [-0.2, -0.15) is 0 Å². The highest BCUT2D eigenvalue weighted by Crippen LogP contribution is 2.05. The molecule has 0 N–H and O–H groups in total. The van der Waals surface area contributed by atoms with Crippen molar-refractivity contribution in [3.63, 3.8) is 0 Å². The zero-order valence-corrected chi connectivity index (χ0v) is 21.3. The first-order chi connectivity index (χ1) is 13.3. The topological polar surface area (TPSA) is 76.2 Å². The molecule has 0 aromatic rings. The summed E-state index contributed by atoms with van der Waals surface area (Å²) in [5, 5.41) is 0. The highest BCUT2D eigenvalue weighted by atomic mass is 16.6. The molecule has 0 radical (unpaired) electrons. The van der Waals surface area contributed by atoms with Crippen LogP contribution in [-0.4, -0.2) is 73.6 Å². The molecule has 0 spiro atoms. The Morgan fingerprint density at radius 3 is 1.45 bits per heavy atom. The normalized spacial score (nSPS) is 12.3. The number of carbonyl (C=O) groups excluding carboxylic acids is 3. The average Bonchev–Trinajstić information content (AvgIpc) is 2.64. The predicted molar refractivity (Wildman–Crippen MR) is 121 cm³/mol. The van der Waals surface area contributed by atoms with E-state index in [0.717, 1.165) is 13.1 Å². The van der Waals surface area contributed by atoms with Crippen molar-refractivity contribution in [3.8, 4) is 0 Å². The summed E-state index contributed by atoms with van der Waals surface area (Å²) in [7, 11) is 3.45. The average molecular weight is 421 g/mol. The number of nitrogens with zero attached hydrogens (tertiary/aromatic N) is 2. The van der Waals surface area contributed by atoms with E-state index in [1.165, 1.54) is 18.7 Å². The van der Waals surface area contributed by atoms with E-state index >= 15 is 0 Å². The molecule has 176 valence electrons. The molecule has 1 heterocycles. The van der Waals surface area contributed by atoms with Crippen LogP contribution in [0.5, 0.6) is 0 Å². The quantitative estimate of drug-likeness (QED) is 0.599. The minimum atomic E-state index is -0.328. The second-order valence-electron chi connectivity index (χ2n) is 7.21. The largest absolute Gasteiger partial charge is 0.460 e. The molecule has 0 aromatic carbocycles. The standard InChI is InChI=1S/C8H15NO2.C6H12O2.C4H9NO.2C2H6/c1-7(2)8(10)9-3-5-11-6-4-9;1-5(7)8-6(2,3)4;1-4(6)5(2)3;2*1-2/h7H,3-6H2,1-2H3;1-4H3;1-3H3;2*1-2H3. The van der Waals surface area contributed by atoms with Gasteiger partial charge in [0.05, 0.1) is 13.2 Å². The molecule has 1 rings (SSSR count). The zero-order valence-electron chi connectivity index (χ0n) is 21.3. The lowest BCUT2D eigenvalue weighted by Crippen LogP contribution is -2.42. The molecule has 1 fully saturated rings. The van der Waals surface area contributed by atoms with Crippen molar-refractivity contribution in [1.29, 1.82) is 0 Å². The van der Waals surface area contributed by atoms with Crippen molar-refractivity contribution in [2.45, 2.75) is 81.8 Å². The van der Waals surface area contributed by atoms with Crippen LogP contribution in [0.15, 0.2) is 0 Å². The van der Waals surface area contributed by atoms with E-state index in [0.29, 0.717) is 13.2 Å². The number of morpholine rings is 1. The van der Waals surface area contributed by atoms with Crippen LogP contribution in [-0.2, 0) is 23.9 Å². The minimum absolute atomic E-state index is 0.0926. The van der Waals surface area contributed by atoms with E-state index in [-0.39, 0.29) is 29.3 Å². The molecular weight excluding hydrogens is 372 g/mol. The van der Waals surface area contributed by atoms with Crippen LogP contribution in [0.4, 0.5) is 0 Å². The fourth-order valence-corrected chi connectivity index (χ4v) is 1.58. The Hall–Kier alpha value is -1.63. The highest BCUT2D eigenvalue weighted by molar-refractivity contribution is 5.78. The molecule has 0 unspecified atom stereocenters. The number of rotatable bonds is 1. The number of hydrogen-bond acceptors (Lipinski definition) is 5. The first-order valence-corrected chi connectivity index (χ1v) is 10.5. The number of ether oxygens (including phenoxy) is 2. The van der Waals surface area contributed by atoms with Gasteiger partial charge in [-0.3, -0.25) is 14.4 Å². The van der Waals surface area contributed by atoms with E-state index in [9.17, 15) is 14.4 Å². The second-order valence-corrected chi connectivity index (χ2v) is 7.21. The van der Waals surface area contributed by atoms with Gasteiger partial charge in [-0.15, -0.1) is 0 Å². The first-order valence-electron chi connectivity index (χ1n) is 10.5. The van der Waals surface area contributed by atoms with E-state index in [4.69, 9.17) is 9.47 Å². The van der Waals surface area contributed by atoms with Crippen molar-refractivity contribution in [2.75, 3.05) is 40.4 Å². The Bertz CT molecular complexity index is 410. The summed E-state index contributed by atoms with van der Waals surface area (Å²) in [6.07, 6.45) is 0. The molecule has 7 nitrogen and oxygen atoms in total. The van der Waals surface area contributed by atoms with Crippen molar-refractivity contribution in [2.24, 2.45) is 5.92 Å². The van der Waals surface area contributed by atoms with Gasteiger partial charge >= 0.3 is 5.97 Å². The van der Waals surface area contributed by atoms with E-state index < -0.39 is 0 Å².